The van der Waals surface area contributed by atoms with Gasteiger partial charge >= 0.3 is 12.4 Å². The second-order valence-corrected chi connectivity index (χ2v) is 8.07. The van der Waals surface area contributed by atoms with Crippen molar-refractivity contribution in [3.63, 3.8) is 0 Å². The van der Waals surface area contributed by atoms with E-state index in [0.29, 0.717) is 31.9 Å². The van der Waals surface area contributed by atoms with Crippen molar-refractivity contribution in [1.29, 1.82) is 0 Å². The number of aromatic nitrogens is 2. The molecule has 34 heavy (non-hydrogen) atoms. The standard InChI is InChI=1S/C24H24F3N5O2/c1-16-3-8-20(17(2)15-16)21-9-10-22(30-29-21)31-11-13-32(14-12-31)23(33)28-18-4-6-19(7-5-18)34-24(25,26)27/h3-10,15H,11-14H2,1-2H3,(H,28,33). The minimum absolute atomic E-state index is 0.319. The number of carbonyl (C=O) groups excluding carboxylic acids is 1. The van der Waals surface area contributed by atoms with Crippen molar-refractivity contribution in [1.82, 2.24) is 15.1 Å². The molecule has 3 aromatic rings. The molecule has 1 N–H and O–H groups in total. The van der Waals surface area contributed by atoms with Crippen molar-refractivity contribution < 1.29 is 22.7 Å². The summed E-state index contributed by atoms with van der Waals surface area (Å²) in [6.45, 7) is 6.22. The van der Waals surface area contributed by atoms with Crippen LogP contribution in [0.25, 0.3) is 11.3 Å². The van der Waals surface area contributed by atoms with Crippen LogP contribution in [0.3, 0.4) is 0 Å². The number of alkyl halides is 3. The minimum atomic E-state index is -4.76. The number of rotatable bonds is 4. The van der Waals surface area contributed by atoms with E-state index in [4.69, 9.17) is 0 Å². The summed E-state index contributed by atoms with van der Waals surface area (Å²) in [5.74, 6) is 0.401. The van der Waals surface area contributed by atoms with E-state index in [-0.39, 0.29) is 11.8 Å². The number of ether oxygens (including phenoxy) is 1. The average Bonchev–Trinajstić information content (AvgIpc) is 2.80. The number of hydrogen-bond donors (Lipinski definition) is 1. The van der Waals surface area contributed by atoms with E-state index in [0.717, 1.165) is 34.8 Å². The first-order valence-corrected chi connectivity index (χ1v) is 10.8. The predicted octanol–water partition coefficient (Wildman–Crippen LogP) is 5.01. The van der Waals surface area contributed by atoms with Gasteiger partial charge in [-0.25, -0.2) is 4.79 Å². The Labute approximate surface area is 195 Å². The Morgan fingerprint density at radius 3 is 2.24 bits per heavy atom. The number of amides is 2. The Morgan fingerprint density at radius 1 is 0.941 bits per heavy atom. The average molecular weight is 471 g/mol. The first kappa shape index (κ1) is 23.3. The molecule has 0 bridgehead atoms. The van der Waals surface area contributed by atoms with Gasteiger partial charge in [0.25, 0.3) is 0 Å². The first-order valence-electron chi connectivity index (χ1n) is 10.8. The lowest BCUT2D eigenvalue weighted by Crippen LogP contribution is -2.50. The van der Waals surface area contributed by atoms with Crippen LogP contribution in [0.4, 0.5) is 29.5 Å². The molecular weight excluding hydrogens is 447 g/mol. The van der Waals surface area contributed by atoms with Crippen molar-refractivity contribution in [2.75, 3.05) is 36.4 Å². The molecule has 4 rings (SSSR count). The third kappa shape index (κ3) is 5.75. The van der Waals surface area contributed by atoms with Gasteiger partial charge in [0.15, 0.2) is 5.82 Å². The van der Waals surface area contributed by atoms with Crippen molar-refractivity contribution in [3.8, 4) is 17.0 Å². The number of nitrogens with one attached hydrogen (secondary N) is 1. The largest absolute Gasteiger partial charge is 0.573 e. The zero-order chi connectivity index (χ0) is 24.3. The smallest absolute Gasteiger partial charge is 0.406 e. The zero-order valence-corrected chi connectivity index (χ0v) is 18.8. The van der Waals surface area contributed by atoms with Crippen LogP contribution < -0.4 is 15.0 Å². The quantitative estimate of drug-likeness (QED) is 0.579. The molecular formula is C24H24F3N5O2. The van der Waals surface area contributed by atoms with Gasteiger partial charge in [-0.3, -0.25) is 0 Å². The Balaban J connectivity index is 1.31. The summed E-state index contributed by atoms with van der Waals surface area (Å²) in [6.07, 6.45) is -4.76. The topological polar surface area (TPSA) is 70.6 Å². The Morgan fingerprint density at radius 2 is 1.65 bits per heavy atom. The molecule has 1 fully saturated rings. The van der Waals surface area contributed by atoms with E-state index >= 15 is 0 Å². The molecule has 0 unspecified atom stereocenters. The summed E-state index contributed by atoms with van der Waals surface area (Å²) < 4.78 is 40.6. The summed E-state index contributed by atoms with van der Waals surface area (Å²) in [7, 11) is 0. The lowest BCUT2D eigenvalue weighted by Gasteiger charge is -2.35. The molecule has 0 aliphatic carbocycles. The van der Waals surface area contributed by atoms with E-state index in [1.165, 1.54) is 17.7 Å². The van der Waals surface area contributed by atoms with Crippen LogP contribution in [0.1, 0.15) is 11.1 Å². The molecule has 1 aliphatic rings. The summed E-state index contributed by atoms with van der Waals surface area (Å²) in [5, 5.41) is 11.5. The lowest BCUT2D eigenvalue weighted by atomic mass is 10.0. The number of anilines is 2. The maximum absolute atomic E-state index is 12.5. The van der Waals surface area contributed by atoms with E-state index in [9.17, 15) is 18.0 Å². The Hall–Kier alpha value is -3.82. The summed E-state index contributed by atoms with van der Waals surface area (Å²) in [4.78, 5) is 16.2. The molecule has 7 nitrogen and oxygen atoms in total. The fraction of sp³-hybridized carbons (Fsp3) is 0.292. The molecule has 2 heterocycles. The molecule has 2 aromatic carbocycles. The second kappa shape index (κ2) is 9.58. The fourth-order valence-corrected chi connectivity index (χ4v) is 3.82. The van der Waals surface area contributed by atoms with Crippen LogP contribution in [0.2, 0.25) is 0 Å². The normalized spacial score (nSPS) is 14.1. The molecule has 0 atom stereocenters. The number of carbonyl (C=O) groups is 1. The molecule has 1 aliphatic heterocycles. The number of aryl methyl sites for hydroxylation is 2. The molecule has 2 amide bonds. The van der Waals surface area contributed by atoms with Gasteiger partial charge in [0.1, 0.15) is 5.75 Å². The van der Waals surface area contributed by atoms with E-state index < -0.39 is 6.36 Å². The molecule has 10 heteroatoms. The third-order valence-corrected chi connectivity index (χ3v) is 5.54. The molecule has 178 valence electrons. The maximum Gasteiger partial charge on any atom is 0.573 e. The summed E-state index contributed by atoms with van der Waals surface area (Å²) in [6, 6.07) is 14.8. The number of urea groups is 1. The molecule has 0 radical (unpaired) electrons. The van der Waals surface area contributed by atoms with Gasteiger partial charge in [0.05, 0.1) is 5.69 Å². The summed E-state index contributed by atoms with van der Waals surface area (Å²) in [5.41, 5.74) is 4.58. The number of piperazine rings is 1. The minimum Gasteiger partial charge on any atom is -0.406 e. The van der Waals surface area contributed by atoms with E-state index in [1.807, 2.05) is 31.2 Å². The highest BCUT2D eigenvalue weighted by Gasteiger charge is 2.31. The van der Waals surface area contributed by atoms with Crippen LogP contribution in [0, 0.1) is 13.8 Å². The van der Waals surface area contributed by atoms with Crippen molar-refractivity contribution in [2.45, 2.75) is 20.2 Å². The SMILES string of the molecule is Cc1ccc(-c2ccc(N3CCN(C(=O)Nc4ccc(OC(F)(F)F)cc4)CC3)nn2)c(C)c1. The molecule has 1 saturated heterocycles. The lowest BCUT2D eigenvalue weighted by molar-refractivity contribution is -0.274. The van der Waals surface area contributed by atoms with Crippen LogP contribution in [-0.2, 0) is 0 Å². The van der Waals surface area contributed by atoms with Gasteiger partial charge in [-0.05, 0) is 55.8 Å². The fourth-order valence-electron chi connectivity index (χ4n) is 3.82. The predicted molar refractivity (Wildman–Crippen MR) is 123 cm³/mol. The van der Waals surface area contributed by atoms with Crippen molar-refractivity contribution >= 4 is 17.5 Å². The van der Waals surface area contributed by atoms with Gasteiger partial charge in [-0.15, -0.1) is 23.4 Å². The van der Waals surface area contributed by atoms with Crippen molar-refractivity contribution in [3.05, 3.63) is 65.7 Å². The Bertz CT molecular complexity index is 1140. The molecule has 0 spiro atoms. The van der Waals surface area contributed by atoms with Crippen LogP contribution in [0.15, 0.2) is 54.6 Å². The third-order valence-electron chi connectivity index (χ3n) is 5.54. The van der Waals surface area contributed by atoms with Gasteiger partial charge in [-0.2, -0.15) is 0 Å². The van der Waals surface area contributed by atoms with Crippen LogP contribution in [-0.4, -0.2) is 53.7 Å². The number of halogens is 3. The number of benzene rings is 2. The first-order chi connectivity index (χ1) is 16.2. The van der Waals surface area contributed by atoms with Gasteiger partial charge in [0.2, 0.25) is 0 Å². The van der Waals surface area contributed by atoms with Gasteiger partial charge in [0, 0.05) is 37.4 Å². The highest BCUT2D eigenvalue weighted by molar-refractivity contribution is 5.89. The second-order valence-electron chi connectivity index (χ2n) is 8.07. The van der Waals surface area contributed by atoms with Crippen molar-refractivity contribution in [2.24, 2.45) is 0 Å². The van der Waals surface area contributed by atoms with Crippen LogP contribution in [0.5, 0.6) is 5.75 Å². The monoisotopic (exact) mass is 471 g/mol. The van der Waals surface area contributed by atoms with E-state index in [2.05, 4.69) is 38.1 Å². The van der Waals surface area contributed by atoms with Crippen LogP contribution >= 0.6 is 0 Å². The molecule has 1 aromatic heterocycles. The van der Waals surface area contributed by atoms with Gasteiger partial charge in [-0.1, -0.05) is 23.8 Å². The number of hydrogen-bond acceptors (Lipinski definition) is 5. The Kier molecular flexibility index (Phi) is 6.58. The van der Waals surface area contributed by atoms with Gasteiger partial charge < -0.3 is 19.9 Å². The number of nitrogens with zero attached hydrogens (tertiary/aromatic N) is 4. The highest BCUT2D eigenvalue weighted by atomic mass is 19.4. The summed E-state index contributed by atoms with van der Waals surface area (Å²) >= 11 is 0. The maximum atomic E-state index is 12.5. The molecule has 0 saturated carbocycles. The van der Waals surface area contributed by atoms with E-state index in [1.54, 1.807) is 4.90 Å². The zero-order valence-electron chi connectivity index (χ0n) is 18.8. The highest BCUT2D eigenvalue weighted by Crippen LogP contribution is 2.25.